The molecule has 1 N–H and O–H groups in total. The molecule has 0 aliphatic rings. The number of halogens is 4. The first-order chi connectivity index (χ1) is 18.5. The van der Waals surface area contributed by atoms with Crippen LogP contribution in [0.1, 0.15) is 33.3 Å². The number of thioether (sulfide) groups is 1. The molecular weight excluding hydrogens is 558 g/mol. The van der Waals surface area contributed by atoms with Crippen molar-refractivity contribution in [3.05, 3.63) is 86.3 Å². The van der Waals surface area contributed by atoms with Gasteiger partial charge in [0.25, 0.3) is 5.56 Å². The number of alkyl halides is 3. The monoisotopic (exact) mass is 579 g/mol. The smallest absolute Gasteiger partial charge is 0.416 e. The molecule has 0 saturated heterocycles. The summed E-state index contributed by atoms with van der Waals surface area (Å²) in [5, 5.41) is 2.79. The number of carbonyl (C=O) groups is 2. The summed E-state index contributed by atoms with van der Waals surface area (Å²) >= 11 is 1.89. The second-order valence-electron chi connectivity index (χ2n) is 8.28. The third-order valence-corrected chi connectivity index (χ3v) is 7.68. The summed E-state index contributed by atoms with van der Waals surface area (Å²) in [6.45, 7) is 3.43. The van der Waals surface area contributed by atoms with Crippen LogP contribution >= 0.6 is 23.1 Å². The highest BCUT2D eigenvalue weighted by atomic mass is 32.2. The van der Waals surface area contributed by atoms with E-state index in [4.69, 9.17) is 4.74 Å². The summed E-state index contributed by atoms with van der Waals surface area (Å²) < 4.78 is 58.8. The summed E-state index contributed by atoms with van der Waals surface area (Å²) in [5.74, 6) is -1.92. The molecule has 2 aromatic heterocycles. The Hall–Kier alpha value is -3.71. The van der Waals surface area contributed by atoms with Gasteiger partial charge in [-0.2, -0.15) is 13.2 Å². The Morgan fingerprint density at radius 1 is 1.15 bits per heavy atom. The lowest BCUT2D eigenvalue weighted by Crippen LogP contribution is -2.25. The number of fused-ring (bicyclic) bond motifs is 1. The van der Waals surface area contributed by atoms with E-state index < -0.39 is 35.0 Å². The topological polar surface area (TPSA) is 90.3 Å². The molecular formula is C26H21F4N3O4S2. The number of anilines is 1. The molecule has 4 rings (SSSR count). The molecule has 0 spiro atoms. The molecule has 2 heterocycles. The number of amides is 1. The molecule has 0 saturated carbocycles. The average molecular weight is 580 g/mol. The highest BCUT2D eigenvalue weighted by molar-refractivity contribution is 7.99. The number of carbonyl (C=O) groups excluding carboxylic acids is 2. The lowest BCUT2D eigenvalue weighted by atomic mass is 10.2. The van der Waals surface area contributed by atoms with Gasteiger partial charge in [-0.25, -0.2) is 14.2 Å². The van der Waals surface area contributed by atoms with Crippen molar-refractivity contribution in [2.24, 2.45) is 0 Å². The SMILES string of the molecule is CCOC(=O)c1sc2nc(SCC(=O)Nc3cccc(C(F)(F)F)c3)n(Cc3ccc(F)cc3)c(=O)c2c1C. The summed E-state index contributed by atoms with van der Waals surface area (Å²) in [7, 11) is 0. The number of hydrogen-bond donors (Lipinski definition) is 1. The van der Waals surface area contributed by atoms with Crippen LogP contribution in [0.25, 0.3) is 10.2 Å². The van der Waals surface area contributed by atoms with E-state index in [1.807, 2.05) is 0 Å². The molecule has 39 heavy (non-hydrogen) atoms. The number of aromatic nitrogens is 2. The van der Waals surface area contributed by atoms with Crippen LogP contribution in [0.5, 0.6) is 0 Å². The predicted molar refractivity (Wildman–Crippen MR) is 141 cm³/mol. The Balaban J connectivity index is 1.66. The first-order valence-electron chi connectivity index (χ1n) is 11.5. The zero-order chi connectivity index (χ0) is 28.3. The van der Waals surface area contributed by atoms with E-state index in [1.165, 1.54) is 41.0 Å². The van der Waals surface area contributed by atoms with Gasteiger partial charge in [-0.15, -0.1) is 11.3 Å². The summed E-state index contributed by atoms with van der Waals surface area (Å²) in [5.41, 5.74) is -0.394. The normalized spacial score (nSPS) is 11.5. The molecule has 0 aliphatic heterocycles. The molecule has 0 radical (unpaired) electrons. The molecule has 13 heteroatoms. The maximum absolute atomic E-state index is 13.6. The van der Waals surface area contributed by atoms with Gasteiger partial charge in [0, 0.05) is 5.69 Å². The number of thiophene rings is 1. The number of nitrogens with zero attached hydrogens (tertiary/aromatic N) is 2. The molecule has 1 amide bonds. The molecule has 0 bridgehead atoms. The number of aryl methyl sites for hydroxylation is 1. The Kier molecular flexibility index (Phi) is 8.40. The number of ether oxygens (including phenoxy) is 1. The quantitative estimate of drug-likeness (QED) is 0.121. The fourth-order valence-electron chi connectivity index (χ4n) is 3.71. The second kappa shape index (κ2) is 11.6. The fraction of sp³-hybridized carbons (Fsp3) is 0.231. The van der Waals surface area contributed by atoms with Gasteiger partial charge in [0.15, 0.2) is 5.16 Å². The molecule has 0 atom stereocenters. The number of esters is 1. The van der Waals surface area contributed by atoms with E-state index in [-0.39, 0.29) is 44.8 Å². The molecule has 2 aromatic carbocycles. The van der Waals surface area contributed by atoms with Gasteiger partial charge in [-0.1, -0.05) is 30.0 Å². The Bertz CT molecular complexity index is 1600. The number of nitrogens with one attached hydrogen (secondary N) is 1. The molecule has 0 aliphatic carbocycles. The Morgan fingerprint density at radius 2 is 1.87 bits per heavy atom. The zero-order valence-corrected chi connectivity index (χ0v) is 22.2. The van der Waals surface area contributed by atoms with Crippen molar-refractivity contribution in [3.8, 4) is 0 Å². The Labute approximate surface area is 227 Å². The molecule has 204 valence electrons. The maximum Gasteiger partial charge on any atom is 0.416 e. The minimum atomic E-state index is -4.56. The van der Waals surface area contributed by atoms with E-state index in [0.29, 0.717) is 11.1 Å². The first kappa shape index (κ1) is 28.3. The molecule has 0 unspecified atom stereocenters. The van der Waals surface area contributed by atoms with Crippen molar-refractivity contribution >= 4 is 50.9 Å². The minimum Gasteiger partial charge on any atom is -0.462 e. The van der Waals surface area contributed by atoms with Crippen LogP contribution in [0.15, 0.2) is 58.5 Å². The van der Waals surface area contributed by atoms with Crippen LogP contribution in [0.2, 0.25) is 0 Å². The summed E-state index contributed by atoms with van der Waals surface area (Å²) in [4.78, 5) is 43.6. The number of benzene rings is 2. The van der Waals surface area contributed by atoms with Gasteiger partial charge in [-0.3, -0.25) is 14.2 Å². The maximum atomic E-state index is 13.6. The lowest BCUT2D eigenvalue weighted by molar-refractivity contribution is -0.137. The van der Waals surface area contributed by atoms with E-state index in [9.17, 15) is 31.9 Å². The van der Waals surface area contributed by atoms with Crippen molar-refractivity contribution in [3.63, 3.8) is 0 Å². The molecule has 0 fully saturated rings. The fourth-order valence-corrected chi connectivity index (χ4v) is 5.63. The summed E-state index contributed by atoms with van der Waals surface area (Å²) in [6, 6.07) is 9.73. The van der Waals surface area contributed by atoms with Crippen molar-refractivity contribution in [1.29, 1.82) is 0 Å². The van der Waals surface area contributed by atoms with Crippen LogP contribution in [-0.4, -0.2) is 33.8 Å². The van der Waals surface area contributed by atoms with Crippen molar-refractivity contribution in [2.45, 2.75) is 31.7 Å². The second-order valence-corrected chi connectivity index (χ2v) is 10.2. The Morgan fingerprint density at radius 3 is 2.54 bits per heavy atom. The predicted octanol–water partition coefficient (Wildman–Crippen LogP) is 5.88. The molecule has 7 nitrogen and oxygen atoms in total. The lowest BCUT2D eigenvalue weighted by Gasteiger charge is -2.13. The average Bonchev–Trinajstić information content (AvgIpc) is 3.22. The van der Waals surface area contributed by atoms with Gasteiger partial charge in [0.1, 0.15) is 15.5 Å². The number of rotatable bonds is 8. The van der Waals surface area contributed by atoms with Gasteiger partial charge in [0.05, 0.1) is 29.9 Å². The van der Waals surface area contributed by atoms with Gasteiger partial charge in [0.2, 0.25) is 5.91 Å². The van der Waals surface area contributed by atoms with Crippen LogP contribution in [-0.2, 0) is 22.3 Å². The van der Waals surface area contributed by atoms with Crippen molar-refractivity contribution in [1.82, 2.24) is 9.55 Å². The highest BCUT2D eigenvalue weighted by Crippen LogP contribution is 2.32. The van der Waals surface area contributed by atoms with Crippen molar-refractivity contribution in [2.75, 3.05) is 17.7 Å². The van der Waals surface area contributed by atoms with Crippen LogP contribution in [0.4, 0.5) is 23.2 Å². The highest BCUT2D eigenvalue weighted by Gasteiger charge is 2.30. The third-order valence-electron chi connectivity index (χ3n) is 5.54. The minimum absolute atomic E-state index is 0.00363. The van der Waals surface area contributed by atoms with Crippen LogP contribution in [0.3, 0.4) is 0 Å². The first-order valence-corrected chi connectivity index (χ1v) is 13.3. The van der Waals surface area contributed by atoms with Gasteiger partial charge in [-0.05, 0) is 55.3 Å². The summed E-state index contributed by atoms with van der Waals surface area (Å²) in [6.07, 6.45) is -4.56. The number of hydrogen-bond acceptors (Lipinski definition) is 7. The molecule has 4 aromatic rings. The van der Waals surface area contributed by atoms with Gasteiger partial charge >= 0.3 is 12.1 Å². The van der Waals surface area contributed by atoms with E-state index in [0.717, 1.165) is 35.2 Å². The van der Waals surface area contributed by atoms with Crippen LogP contribution < -0.4 is 10.9 Å². The largest absolute Gasteiger partial charge is 0.462 e. The van der Waals surface area contributed by atoms with E-state index in [1.54, 1.807) is 13.8 Å². The van der Waals surface area contributed by atoms with E-state index >= 15 is 0 Å². The third kappa shape index (κ3) is 6.48. The zero-order valence-electron chi connectivity index (χ0n) is 20.6. The van der Waals surface area contributed by atoms with Crippen LogP contribution in [0, 0.1) is 12.7 Å². The standard InChI is InChI=1S/C26H21F4N3O4S2/c1-3-37-24(36)21-14(2)20-22(39-21)32-25(33(23(20)35)12-15-7-9-17(27)10-8-15)38-13-19(34)31-18-6-4-5-16(11-18)26(28,29)30/h4-11H,3,12-13H2,1-2H3,(H,31,34). The van der Waals surface area contributed by atoms with Crippen molar-refractivity contribution < 1.29 is 31.9 Å². The van der Waals surface area contributed by atoms with Gasteiger partial charge < -0.3 is 10.1 Å². The van der Waals surface area contributed by atoms with E-state index in [2.05, 4.69) is 10.3 Å².